The third kappa shape index (κ3) is 1.02. The van der Waals surface area contributed by atoms with E-state index >= 15 is 0 Å². The molecule has 11 heavy (non-hydrogen) atoms. The third-order valence-electron chi connectivity index (χ3n) is 3.73. The molecule has 1 nitrogen and oxygen atoms in total. The zero-order valence-corrected chi connectivity index (χ0v) is 7.34. The quantitative estimate of drug-likeness (QED) is 0.563. The molecule has 2 aliphatic carbocycles. The van der Waals surface area contributed by atoms with Gasteiger partial charge in [-0.2, -0.15) is 0 Å². The summed E-state index contributed by atoms with van der Waals surface area (Å²) in [5, 5.41) is 0. The number of fused-ring (bicyclic) bond motifs is 2. The van der Waals surface area contributed by atoms with Crippen LogP contribution in [-0.4, -0.2) is 5.78 Å². The summed E-state index contributed by atoms with van der Waals surface area (Å²) in [7, 11) is 0. The molecule has 4 atom stereocenters. The van der Waals surface area contributed by atoms with E-state index in [1.165, 1.54) is 19.3 Å². The molecule has 0 amide bonds. The molecule has 62 valence electrons. The van der Waals surface area contributed by atoms with Crippen LogP contribution in [0.15, 0.2) is 0 Å². The predicted octanol–water partition coefficient (Wildman–Crippen LogP) is 2.26. The molecule has 2 aliphatic rings. The maximum absolute atomic E-state index is 11.1. The molecule has 2 fully saturated rings. The fraction of sp³-hybridized carbons (Fsp3) is 0.900. The normalized spacial score (nSPS) is 48.2. The number of rotatable bonds is 1. The Morgan fingerprint density at radius 3 is 2.27 bits per heavy atom. The standard InChI is InChI=1S/C10H16O/c1-6-3-9-4-8(6)5-10(9)7(2)11/h6,8-10H,3-5H2,1-2H3. The molecule has 2 saturated carbocycles. The lowest BCUT2D eigenvalue weighted by atomic mass is 9.81. The van der Waals surface area contributed by atoms with Gasteiger partial charge in [-0.05, 0) is 43.9 Å². The summed E-state index contributed by atoms with van der Waals surface area (Å²) in [6.45, 7) is 4.09. The molecule has 0 aromatic rings. The predicted molar refractivity (Wildman–Crippen MR) is 44.2 cm³/mol. The Balaban J connectivity index is 2.08. The Bertz CT molecular complexity index is 183. The van der Waals surface area contributed by atoms with Crippen molar-refractivity contribution in [3.63, 3.8) is 0 Å². The average Bonchev–Trinajstić information content (AvgIpc) is 2.43. The van der Waals surface area contributed by atoms with Gasteiger partial charge in [0.05, 0.1) is 0 Å². The zero-order valence-electron chi connectivity index (χ0n) is 7.34. The Labute approximate surface area is 68.2 Å². The van der Waals surface area contributed by atoms with Crippen LogP contribution in [0.1, 0.15) is 33.1 Å². The Morgan fingerprint density at radius 2 is 1.91 bits per heavy atom. The van der Waals surface area contributed by atoms with Crippen molar-refractivity contribution in [3.05, 3.63) is 0 Å². The van der Waals surface area contributed by atoms with Gasteiger partial charge in [0, 0.05) is 5.92 Å². The number of carbonyl (C=O) groups excluding carboxylic acids is 1. The number of hydrogen-bond acceptors (Lipinski definition) is 1. The van der Waals surface area contributed by atoms with E-state index in [4.69, 9.17) is 0 Å². The number of ketones is 1. The van der Waals surface area contributed by atoms with E-state index in [1.54, 1.807) is 6.92 Å². The van der Waals surface area contributed by atoms with E-state index in [9.17, 15) is 4.79 Å². The van der Waals surface area contributed by atoms with Crippen molar-refractivity contribution in [2.45, 2.75) is 33.1 Å². The first-order valence-corrected chi connectivity index (χ1v) is 4.69. The van der Waals surface area contributed by atoms with E-state index in [-0.39, 0.29) is 0 Å². The summed E-state index contributed by atoms with van der Waals surface area (Å²) in [5.74, 6) is 3.41. The van der Waals surface area contributed by atoms with Gasteiger partial charge in [0.1, 0.15) is 5.78 Å². The van der Waals surface area contributed by atoms with E-state index in [0.717, 1.165) is 17.8 Å². The highest BCUT2D eigenvalue weighted by Crippen LogP contribution is 2.51. The molecule has 0 radical (unpaired) electrons. The van der Waals surface area contributed by atoms with Gasteiger partial charge in [-0.3, -0.25) is 4.79 Å². The lowest BCUT2D eigenvalue weighted by molar-refractivity contribution is -0.122. The van der Waals surface area contributed by atoms with Crippen LogP contribution in [0.25, 0.3) is 0 Å². The summed E-state index contributed by atoms with van der Waals surface area (Å²) in [6.07, 6.45) is 3.85. The monoisotopic (exact) mass is 152 g/mol. The maximum Gasteiger partial charge on any atom is 0.133 e. The molecule has 0 N–H and O–H groups in total. The summed E-state index contributed by atoms with van der Waals surface area (Å²) >= 11 is 0. The first-order valence-electron chi connectivity index (χ1n) is 4.69. The topological polar surface area (TPSA) is 17.1 Å². The highest BCUT2D eigenvalue weighted by molar-refractivity contribution is 5.79. The van der Waals surface area contributed by atoms with E-state index < -0.39 is 0 Å². The van der Waals surface area contributed by atoms with Crippen molar-refractivity contribution >= 4 is 5.78 Å². The van der Waals surface area contributed by atoms with Gasteiger partial charge >= 0.3 is 0 Å². The van der Waals surface area contributed by atoms with Crippen LogP contribution in [-0.2, 0) is 4.79 Å². The van der Waals surface area contributed by atoms with Crippen LogP contribution in [0.4, 0.5) is 0 Å². The lowest BCUT2D eigenvalue weighted by Gasteiger charge is -2.23. The highest BCUT2D eigenvalue weighted by atomic mass is 16.1. The minimum atomic E-state index is 0.435. The first kappa shape index (κ1) is 7.33. The lowest BCUT2D eigenvalue weighted by Crippen LogP contribution is -2.21. The van der Waals surface area contributed by atoms with E-state index in [1.807, 2.05) is 0 Å². The molecular formula is C10H16O. The molecule has 1 heteroatoms. The van der Waals surface area contributed by atoms with Gasteiger partial charge in [-0.15, -0.1) is 0 Å². The molecule has 2 bridgehead atoms. The fourth-order valence-corrected chi connectivity index (χ4v) is 3.06. The summed E-state index contributed by atoms with van der Waals surface area (Å²) in [5.41, 5.74) is 0. The Hall–Kier alpha value is -0.330. The van der Waals surface area contributed by atoms with Crippen molar-refractivity contribution in [3.8, 4) is 0 Å². The highest BCUT2D eigenvalue weighted by Gasteiger charge is 2.45. The van der Waals surface area contributed by atoms with Crippen molar-refractivity contribution in [1.82, 2.24) is 0 Å². The maximum atomic E-state index is 11.1. The molecule has 2 rings (SSSR count). The van der Waals surface area contributed by atoms with E-state index in [0.29, 0.717) is 11.7 Å². The van der Waals surface area contributed by atoms with Crippen LogP contribution in [0, 0.1) is 23.7 Å². The minimum absolute atomic E-state index is 0.435. The van der Waals surface area contributed by atoms with Gasteiger partial charge in [-0.25, -0.2) is 0 Å². The van der Waals surface area contributed by atoms with Crippen LogP contribution < -0.4 is 0 Å². The van der Waals surface area contributed by atoms with Crippen molar-refractivity contribution < 1.29 is 4.79 Å². The summed E-state index contributed by atoms with van der Waals surface area (Å²) in [4.78, 5) is 11.1. The smallest absolute Gasteiger partial charge is 0.133 e. The Kier molecular flexibility index (Phi) is 1.55. The molecular weight excluding hydrogens is 136 g/mol. The van der Waals surface area contributed by atoms with E-state index in [2.05, 4.69) is 6.92 Å². The SMILES string of the molecule is CC(=O)C1CC2CC1CC2C. The molecule has 0 aliphatic heterocycles. The minimum Gasteiger partial charge on any atom is -0.300 e. The van der Waals surface area contributed by atoms with Gasteiger partial charge in [0.25, 0.3) is 0 Å². The molecule has 0 aromatic carbocycles. The molecule has 4 unspecified atom stereocenters. The van der Waals surface area contributed by atoms with Crippen LogP contribution in [0.3, 0.4) is 0 Å². The number of Topliss-reactive ketones (excluding diaryl/α,β-unsaturated/α-hetero) is 1. The van der Waals surface area contributed by atoms with Crippen LogP contribution >= 0.6 is 0 Å². The zero-order chi connectivity index (χ0) is 8.01. The average molecular weight is 152 g/mol. The third-order valence-corrected chi connectivity index (χ3v) is 3.73. The van der Waals surface area contributed by atoms with Gasteiger partial charge in [0.2, 0.25) is 0 Å². The molecule has 0 saturated heterocycles. The number of carbonyl (C=O) groups is 1. The Morgan fingerprint density at radius 1 is 1.18 bits per heavy atom. The number of hydrogen-bond donors (Lipinski definition) is 0. The second-order valence-corrected chi connectivity index (χ2v) is 4.42. The first-order chi connectivity index (χ1) is 5.18. The van der Waals surface area contributed by atoms with Gasteiger partial charge in [-0.1, -0.05) is 6.92 Å². The molecule has 0 heterocycles. The van der Waals surface area contributed by atoms with Crippen molar-refractivity contribution in [2.24, 2.45) is 23.7 Å². The van der Waals surface area contributed by atoms with Crippen LogP contribution in [0.5, 0.6) is 0 Å². The van der Waals surface area contributed by atoms with Gasteiger partial charge < -0.3 is 0 Å². The molecule has 0 spiro atoms. The van der Waals surface area contributed by atoms with Crippen molar-refractivity contribution in [1.29, 1.82) is 0 Å². The fourth-order valence-electron chi connectivity index (χ4n) is 3.06. The van der Waals surface area contributed by atoms with Gasteiger partial charge in [0.15, 0.2) is 0 Å². The van der Waals surface area contributed by atoms with Crippen molar-refractivity contribution in [2.75, 3.05) is 0 Å². The summed E-state index contributed by atoms with van der Waals surface area (Å²) in [6, 6.07) is 0. The largest absolute Gasteiger partial charge is 0.300 e. The second kappa shape index (κ2) is 2.33. The summed E-state index contributed by atoms with van der Waals surface area (Å²) < 4.78 is 0. The second-order valence-electron chi connectivity index (χ2n) is 4.42. The molecule has 0 aromatic heterocycles. The van der Waals surface area contributed by atoms with Crippen LogP contribution in [0.2, 0.25) is 0 Å².